The van der Waals surface area contributed by atoms with Gasteiger partial charge in [-0.05, 0) is 49.0 Å². The summed E-state index contributed by atoms with van der Waals surface area (Å²) in [6, 6.07) is 1.89. The molecule has 3 rings (SSSR count). The number of carbonyl (C=O) groups is 1. The van der Waals surface area contributed by atoms with E-state index in [1.165, 1.54) is 32.1 Å². The molecule has 1 aliphatic carbocycles. The SMILES string of the molecule is CCC(C)(C)C1CCC(CC(=O)N2CCOC(c3ccnc(N(C)C)n3)C2)CC1. The van der Waals surface area contributed by atoms with E-state index in [9.17, 15) is 4.79 Å². The minimum atomic E-state index is -0.171. The maximum Gasteiger partial charge on any atom is 0.225 e. The first kappa shape index (κ1) is 22.0. The van der Waals surface area contributed by atoms with Crippen LogP contribution in [-0.4, -0.2) is 54.6 Å². The predicted octanol–water partition coefficient (Wildman–Crippen LogP) is 4.08. The predicted molar refractivity (Wildman–Crippen MR) is 116 cm³/mol. The van der Waals surface area contributed by atoms with Crippen LogP contribution in [0.15, 0.2) is 12.3 Å². The molecule has 1 amide bonds. The molecule has 2 fully saturated rings. The number of morpholine rings is 1. The van der Waals surface area contributed by atoms with Crippen LogP contribution in [-0.2, 0) is 9.53 Å². The van der Waals surface area contributed by atoms with E-state index in [0.717, 1.165) is 11.6 Å². The first-order chi connectivity index (χ1) is 13.8. The molecule has 1 aliphatic heterocycles. The van der Waals surface area contributed by atoms with Gasteiger partial charge in [-0.25, -0.2) is 9.97 Å². The number of hydrogen-bond donors (Lipinski definition) is 0. The van der Waals surface area contributed by atoms with Crippen molar-refractivity contribution in [3.05, 3.63) is 18.0 Å². The Morgan fingerprint density at radius 3 is 2.66 bits per heavy atom. The van der Waals surface area contributed by atoms with Gasteiger partial charge in [0, 0.05) is 33.3 Å². The summed E-state index contributed by atoms with van der Waals surface area (Å²) in [6.07, 6.45) is 8.40. The number of anilines is 1. The normalized spacial score (nSPS) is 25.7. The fourth-order valence-electron chi connectivity index (χ4n) is 4.62. The third-order valence-electron chi connectivity index (χ3n) is 7.14. The number of amides is 1. The molecule has 0 N–H and O–H groups in total. The molecule has 0 aromatic carbocycles. The molecule has 0 radical (unpaired) electrons. The highest BCUT2D eigenvalue weighted by Gasteiger charge is 2.34. The highest BCUT2D eigenvalue weighted by molar-refractivity contribution is 5.76. The summed E-state index contributed by atoms with van der Waals surface area (Å²) in [5.74, 6) is 2.28. The average molecular weight is 403 g/mol. The van der Waals surface area contributed by atoms with Crippen LogP contribution in [0.4, 0.5) is 5.95 Å². The zero-order chi connectivity index (χ0) is 21.0. The van der Waals surface area contributed by atoms with E-state index in [1.807, 2.05) is 30.0 Å². The Kier molecular flexibility index (Phi) is 7.14. The fourth-order valence-corrected chi connectivity index (χ4v) is 4.62. The lowest BCUT2D eigenvalue weighted by molar-refractivity contribution is -0.140. The minimum Gasteiger partial charge on any atom is -0.368 e. The maximum absolute atomic E-state index is 13.0. The van der Waals surface area contributed by atoms with Crippen LogP contribution in [0.3, 0.4) is 0 Å². The van der Waals surface area contributed by atoms with E-state index >= 15 is 0 Å². The van der Waals surface area contributed by atoms with Crippen LogP contribution in [0.5, 0.6) is 0 Å². The standard InChI is InChI=1S/C23H38N4O2/c1-6-23(2,3)18-9-7-17(8-10-18)15-21(28)27-13-14-29-20(16-27)19-11-12-24-22(25-19)26(4)5/h11-12,17-18,20H,6-10,13-16H2,1-5H3. The Balaban J connectivity index is 1.53. The van der Waals surface area contributed by atoms with Gasteiger partial charge in [0.1, 0.15) is 6.10 Å². The van der Waals surface area contributed by atoms with Crippen LogP contribution in [0.2, 0.25) is 0 Å². The highest BCUT2D eigenvalue weighted by Crippen LogP contribution is 2.43. The molecule has 1 unspecified atom stereocenters. The van der Waals surface area contributed by atoms with Gasteiger partial charge in [0.15, 0.2) is 0 Å². The first-order valence-corrected chi connectivity index (χ1v) is 11.2. The summed E-state index contributed by atoms with van der Waals surface area (Å²) in [7, 11) is 3.85. The van der Waals surface area contributed by atoms with Crippen molar-refractivity contribution in [2.75, 3.05) is 38.7 Å². The van der Waals surface area contributed by atoms with Crippen molar-refractivity contribution in [3.8, 4) is 0 Å². The molecular formula is C23H38N4O2. The molecule has 1 aromatic rings. The second kappa shape index (κ2) is 9.41. The molecule has 6 heteroatoms. The summed E-state index contributed by atoms with van der Waals surface area (Å²) in [5, 5.41) is 0. The van der Waals surface area contributed by atoms with Gasteiger partial charge < -0.3 is 14.5 Å². The van der Waals surface area contributed by atoms with Crippen LogP contribution >= 0.6 is 0 Å². The topological polar surface area (TPSA) is 58.6 Å². The molecule has 29 heavy (non-hydrogen) atoms. The molecule has 1 saturated carbocycles. The summed E-state index contributed by atoms with van der Waals surface area (Å²) < 4.78 is 5.93. The largest absolute Gasteiger partial charge is 0.368 e. The Labute approximate surface area is 176 Å². The van der Waals surface area contributed by atoms with E-state index in [-0.39, 0.29) is 12.0 Å². The molecular weight excluding hydrogens is 364 g/mol. The Hall–Kier alpha value is -1.69. The van der Waals surface area contributed by atoms with E-state index in [1.54, 1.807) is 6.20 Å². The molecule has 0 bridgehead atoms. The lowest BCUT2D eigenvalue weighted by Gasteiger charge is -2.39. The Bertz CT molecular complexity index is 683. The third-order valence-corrected chi connectivity index (χ3v) is 7.14. The van der Waals surface area contributed by atoms with E-state index in [4.69, 9.17) is 4.74 Å². The first-order valence-electron chi connectivity index (χ1n) is 11.2. The van der Waals surface area contributed by atoms with Crippen LogP contribution in [0.1, 0.15) is 71.1 Å². The maximum atomic E-state index is 13.0. The summed E-state index contributed by atoms with van der Waals surface area (Å²) in [4.78, 5) is 25.7. The van der Waals surface area contributed by atoms with Gasteiger partial charge in [-0.15, -0.1) is 0 Å². The lowest BCUT2D eigenvalue weighted by atomic mass is 9.67. The fraction of sp³-hybridized carbons (Fsp3) is 0.783. The number of ether oxygens (including phenoxy) is 1. The Morgan fingerprint density at radius 2 is 2.00 bits per heavy atom. The number of nitrogens with zero attached hydrogens (tertiary/aromatic N) is 4. The molecule has 6 nitrogen and oxygen atoms in total. The van der Waals surface area contributed by atoms with E-state index in [0.29, 0.717) is 43.4 Å². The van der Waals surface area contributed by atoms with Gasteiger partial charge in [0.05, 0.1) is 18.8 Å². The van der Waals surface area contributed by atoms with Crippen molar-refractivity contribution in [2.45, 2.75) is 65.4 Å². The molecule has 0 spiro atoms. The number of aromatic nitrogens is 2. The van der Waals surface area contributed by atoms with Crippen LogP contribution in [0.25, 0.3) is 0 Å². The van der Waals surface area contributed by atoms with Gasteiger partial charge in [0.2, 0.25) is 11.9 Å². The van der Waals surface area contributed by atoms with Gasteiger partial charge in [0.25, 0.3) is 0 Å². The molecule has 162 valence electrons. The van der Waals surface area contributed by atoms with E-state index in [2.05, 4.69) is 30.7 Å². The number of hydrogen-bond acceptors (Lipinski definition) is 5. The Morgan fingerprint density at radius 1 is 1.28 bits per heavy atom. The van der Waals surface area contributed by atoms with Crippen LogP contribution < -0.4 is 4.90 Å². The molecule has 2 aliphatic rings. The quantitative estimate of drug-likeness (QED) is 0.718. The minimum absolute atomic E-state index is 0.171. The van der Waals surface area contributed by atoms with Crippen molar-refractivity contribution < 1.29 is 9.53 Å². The van der Waals surface area contributed by atoms with Gasteiger partial charge in [-0.3, -0.25) is 4.79 Å². The van der Waals surface area contributed by atoms with Crippen molar-refractivity contribution >= 4 is 11.9 Å². The molecule has 2 heterocycles. The highest BCUT2D eigenvalue weighted by atomic mass is 16.5. The van der Waals surface area contributed by atoms with Crippen molar-refractivity contribution in [2.24, 2.45) is 17.3 Å². The number of carbonyl (C=O) groups excluding carboxylic acids is 1. The second-order valence-corrected chi connectivity index (χ2v) is 9.64. The lowest BCUT2D eigenvalue weighted by Crippen LogP contribution is -2.43. The van der Waals surface area contributed by atoms with Crippen molar-refractivity contribution in [3.63, 3.8) is 0 Å². The summed E-state index contributed by atoms with van der Waals surface area (Å²) >= 11 is 0. The van der Waals surface area contributed by atoms with E-state index < -0.39 is 0 Å². The zero-order valence-corrected chi connectivity index (χ0v) is 18.9. The molecule has 1 saturated heterocycles. The molecule has 1 atom stereocenters. The summed E-state index contributed by atoms with van der Waals surface area (Å²) in [6.45, 7) is 8.91. The smallest absolute Gasteiger partial charge is 0.225 e. The van der Waals surface area contributed by atoms with Crippen molar-refractivity contribution in [1.82, 2.24) is 14.9 Å². The van der Waals surface area contributed by atoms with Crippen molar-refractivity contribution in [1.29, 1.82) is 0 Å². The zero-order valence-electron chi connectivity index (χ0n) is 18.9. The average Bonchev–Trinajstić information content (AvgIpc) is 2.74. The van der Waals surface area contributed by atoms with Crippen LogP contribution in [0, 0.1) is 17.3 Å². The molecule has 1 aromatic heterocycles. The number of rotatable bonds is 6. The monoisotopic (exact) mass is 402 g/mol. The van der Waals surface area contributed by atoms with Gasteiger partial charge in [-0.2, -0.15) is 0 Å². The van der Waals surface area contributed by atoms with Gasteiger partial charge >= 0.3 is 0 Å². The second-order valence-electron chi connectivity index (χ2n) is 9.64. The van der Waals surface area contributed by atoms with Gasteiger partial charge in [-0.1, -0.05) is 27.2 Å². The summed E-state index contributed by atoms with van der Waals surface area (Å²) in [5.41, 5.74) is 1.28. The third kappa shape index (κ3) is 5.47.